The fraction of sp³-hybridized carbons (Fsp3) is 0.308. The summed E-state index contributed by atoms with van der Waals surface area (Å²) >= 11 is 0. The van der Waals surface area contributed by atoms with Crippen molar-refractivity contribution < 1.29 is 9.18 Å². The molecule has 8 heteroatoms. The summed E-state index contributed by atoms with van der Waals surface area (Å²) < 4.78 is 15.8. The maximum atomic E-state index is 14.0. The molecule has 0 radical (unpaired) electrons. The second kappa shape index (κ2) is 8.52. The molecule has 2 aromatic carbocycles. The lowest BCUT2D eigenvalue weighted by Crippen LogP contribution is -2.49. The first-order chi connectivity index (χ1) is 16.3. The number of carbonyl (C=O) groups is 1. The number of piperazine rings is 1. The standard InChI is InChI=1S/C26H27FN6O/c1-26(2,3)19-10-8-18(9-11-19)22-12-13-28-24-29-25(30-33(22)24)32-16-14-31(15-17-32)23(34)20-6-4-5-7-21(20)27/h4-13H,14-17H2,1-3H3. The summed E-state index contributed by atoms with van der Waals surface area (Å²) in [6.07, 6.45) is 1.74. The summed E-state index contributed by atoms with van der Waals surface area (Å²) in [6, 6.07) is 16.5. The van der Waals surface area contributed by atoms with Gasteiger partial charge in [-0.1, -0.05) is 57.2 Å². The van der Waals surface area contributed by atoms with E-state index >= 15 is 0 Å². The van der Waals surface area contributed by atoms with Gasteiger partial charge in [0, 0.05) is 37.9 Å². The van der Waals surface area contributed by atoms with Crippen LogP contribution in [0.5, 0.6) is 0 Å². The fourth-order valence-corrected chi connectivity index (χ4v) is 4.19. The number of nitrogens with zero attached hydrogens (tertiary/aromatic N) is 6. The molecule has 1 saturated heterocycles. The molecular weight excluding hydrogens is 431 g/mol. The Kier molecular flexibility index (Phi) is 5.51. The highest BCUT2D eigenvalue weighted by atomic mass is 19.1. The van der Waals surface area contributed by atoms with Gasteiger partial charge >= 0.3 is 0 Å². The van der Waals surface area contributed by atoms with E-state index in [-0.39, 0.29) is 16.9 Å². The summed E-state index contributed by atoms with van der Waals surface area (Å²) in [5, 5.41) is 4.73. The van der Waals surface area contributed by atoms with E-state index in [1.807, 2.05) is 11.0 Å². The van der Waals surface area contributed by atoms with Crippen LogP contribution in [0.25, 0.3) is 17.0 Å². The molecule has 7 nitrogen and oxygen atoms in total. The lowest BCUT2D eigenvalue weighted by atomic mass is 9.86. The average molecular weight is 459 g/mol. The molecule has 3 heterocycles. The first-order valence-corrected chi connectivity index (χ1v) is 11.4. The molecular formula is C26H27FN6O. The lowest BCUT2D eigenvalue weighted by molar-refractivity contribution is 0.0741. The molecule has 0 atom stereocenters. The van der Waals surface area contributed by atoms with Gasteiger partial charge in [-0.05, 0) is 29.2 Å². The fourth-order valence-electron chi connectivity index (χ4n) is 4.19. The molecule has 0 bridgehead atoms. The van der Waals surface area contributed by atoms with Crippen LogP contribution in [0, 0.1) is 5.82 Å². The van der Waals surface area contributed by atoms with Crippen LogP contribution in [-0.2, 0) is 5.41 Å². The highest BCUT2D eigenvalue weighted by Crippen LogP contribution is 2.26. The van der Waals surface area contributed by atoms with Crippen molar-refractivity contribution in [1.82, 2.24) is 24.5 Å². The zero-order valence-electron chi connectivity index (χ0n) is 19.6. The minimum absolute atomic E-state index is 0.0856. The SMILES string of the molecule is CC(C)(C)c1ccc(-c2ccnc3nc(N4CCN(C(=O)c5ccccc5F)CC4)nn23)cc1. The minimum Gasteiger partial charge on any atom is -0.336 e. The van der Waals surface area contributed by atoms with Gasteiger partial charge in [0.25, 0.3) is 11.7 Å². The molecule has 34 heavy (non-hydrogen) atoms. The van der Waals surface area contributed by atoms with Crippen LogP contribution in [0.15, 0.2) is 60.8 Å². The van der Waals surface area contributed by atoms with E-state index in [1.165, 1.54) is 17.7 Å². The van der Waals surface area contributed by atoms with Crippen LogP contribution in [0.2, 0.25) is 0 Å². The first-order valence-electron chi connectivity index (χ1n) is 11.4. The topological polar surface area (TPSA) is 66.6 Å². The molecule has 0 unspecified atom stereocenters. The van der Waals surface area contributed by atoms with Crippen molar-refractivity contribution >= 4 is 17.6 Å². The van der Waals surface area contributed by atoms with Crippen molar-refractivity contribution in [2.75, 3.05) is 31.1 Å². The largest absolute Gasteiger partial charge is 0.336 e. The summed E-state index contributed by atoms with van der Waals surface area (Å²) in [6.45, 7) is 8.65. The number of anilines is 1. The van der Waals surface area contributed by atoms with Crippen molar-refractivity contribution in [1.29, 1.82) is 0 Å². The number of carbonyl (C=O) groups excluding carboxylic acids is 1. The summed E-state index contributed by atoms with van der Waals surface area (Å²) in [7, 11) is 0. The monoisotopic (exact) mass is 458 g/mol. The number of amides is 1. The van der Waals surface area contributed by atoms with Crippen molar-refractivity contribution in [2.45, 2.75) is 26.2 Å². The van der Waals surface area contributed by atoms with E-state index in [0.29, 0.717) is 37.9 Å². The van der Waals surface area contributed by atoms with Gasteiger partial charge in [0.1, 0.15) is 5.82 Å². The molecule has 2 aromatic heterocycles. The third-order valence-corrected chi connectivity index (χ3v) is 6.23. The van der Waals surface area contributed by atoms with Gasteiger partial charge in [0.15, 0.2) is 0 Å². The Labute approximate surface area is 197 Å². The molecule has 4 aromatic rings. The third-order valence-electron chi connectivity index (χ3n) is 6.23. The van der Waals surface area contributed by atoms with Crippen molar-refractivity contribution in [3.05, 3.63) is 77.7 Å². The summed E-state index contributed by atoms with van der Waals surface area (Å²) in [5.41, 5.74) is 3.41. The van der Waals surface area contributed by atoms with Crippen molar-refractivity contribution in [2.24, 2.45) is 0 Å². The Morgan fingerprint density at radius 3 is 2.32 bits per heavy atom. The molecule has 1 fully saturated rings. The van der Waals surface area contributed by atoms with Gasteiger partial charge in [-0.15, -0.1) is 5.10 Å². The van der Waals surface area contributed by atoms with E-state index in [2.05, 4.69) is 55.0 Å². The zero-order valence-corrected chi connectivity index (χ0v) is 19.6. The Morgan fingerprint density at radius 2 is 1.65 bits per heavy atom. The van der Waals surface area contributed by atoms with Crippen molar-refractivity contribution in [3.63, 3.8) is 0 Å². The number of rotatable bonds is 3. The van der Waals surface area contributed by atoms with Crippen LogP contribution >= 0.6 is 0 Å². The van der Waals surface area contributed by atoms with E-state index in [1.54, 1.807) is 27.7 Å². The predicted molar refractivity (Wildman–Crippen MR) is 129 cm³/mol. The molecule has 5 rings (SSSR count). The van der Waals surface area contributed by atoms with Crippen molar-refractivity contribution in [3.8, 4) is 11.3 Å². The highest BCUT2D eigenvalue weighted by molar-refractivity contribution is 5.94. The summed E-state index contributed by atoms with van der Waals surface area (Å²) in [5.74, 6) is 0.316. The van der Waals surface area contributed by atoms with Gasteiger partial charge in [-0.25, -0.2) is 9.37 Å². The predicted octanol–water partition coefficient (Wildman–Crippen LogP) is 4.19. The lowest BCUT2D eigenvalue weighted by Gasteiger charge is -2.34. The van der Waals surface area contributed by atoms with Gasteiger partial charge in [-0.3, -0.25) is 4.79 Å². The number of hydrogen-bond acceptors (Lipinski definition) is 5. The van der Waals surface area contributed by atoms with Crippen LogP contribution in [-0.4, -0.2) is 56.6 Å². The third kappa shape index (κ3) is 4.11. The maximum absolute atomic E-state index is 14.0. The summed E-state index contributed by atoms with van der Waals surface area (Å²) in [4.78, 5) is 25.4. The Hall–Kier alpha value is -3.81. The second-order valence-corrected chi connectivity index (χ2v) is 9.54. The molecule has 1 amide bonds. The quantitative estimate of drug-likeness (QED) is 0.461. The zero-order chi connectivity index (χ0) is 23.9. The maximum Gasteiger partial charge on any atom is 0.256 e. The number of aromatic nitrogens is 4. The number of hydrogen-bond donors (Lipinski definition) is 0. The smallest absolute Gasteiger partial charge is 0.256 e. The van der Waals surface area contributed by atoms with Crippen LogP contribution in [0.1, 0.15) is 36.7 Å². The Balaban J connectivity index is 1.35. The van der Waals surface area contributed by atoms with Gasteiger partial charge in [0.05, 0.1) is 11.3 Å². The van der Waals surface area contributed by atoms with Gasteiger partial charge in [-0.2, -0.15) is 9.50 Å². The van der Waals surface area contributed by atoms with Crippen LogP contribution in [0.3, 0.4) is 0 Å². The highest BCUT2D eigenvalue weighted by Gasteiger charge is 2.26. The molecule has 0 N–H and O–H groups in total. The molecule has 0 spiro atoms. The van der Waals surface area contributed by atoms with Gasteiger partial charge < -0.3 is 9.80 Å². The molecule has 0 saturated carbocycles. The van der Waals surface area contributed by atoms with E-state index in [0.717, 1.165) is 11.3 Å². The first kappa shape index (κ1) is 22.0. The minimum atomic E-state index is -0.494. The second-order valence-electron chi connectivity index (χ2n) is 9.54. The van der Waals surface area contributed by atoms with Gasteiger partial charge in [0.2, 0.25) is 5.95 Å². The number of halogens is 1. The molecule has 0 aliphatic carbocycles. The molecule has 1 aliphatic heterocycles. The van der Waals surface area contributed by atoms with E-state index in [9.17, 15) is 9.18 Å². The number of benzene rings is 2. The average Bonchev–Trinajstić information content (AvgIpc) is 3.28. The Morgan fingerprint density at radius 1 is 0.941 bits per heavy atom. The number of fused-ring (bicyclic) bond motifs is 1. The van der Waals surface area contributed by atoms with E-state index in [4.69, 9.17) is 5.10 Å². The van der Waals surface area contributed by atoms with Crippen LogP contribution in [0.4, 0.5) is 10.3 Å². The van der Waals surface area contributed by atoms with E-state index < -0.39 is 5.82 Å². The molecule has 1 aliphatic rings. The van der Waals surface area contributed by atoms with Crippen LogP contribution < -0.4 is 4.90 Å². The molecule has 174 valence electrons. The normalized spacial score (nSPS) is 14.6. The Bertz CT molecular complexity index is 1330.